The van der Waals surface area contributed by atoms with Crippen LogP contribution in [0.15, 0.2) is 18.3 Å². The zero-order valence-electron chi connectivity index (χ0n) is 11.6. The number of nitrogens with one attached hydrogen (secondary N) is 1. The van der Waals surface area contributed by atoms with Gasteiger partial charge in [-0.15, -0.1) is 0 Å². The summed E-state index contributed by atoms with van der Waals surface area (Å²) in [7, 11) is 1.54. The Kier molecular flexibility index (Phi) is 5.31. The van der Waals surface area contributed by atoms with Crippen LogP contribution < -0.4 is 10.1 Å². The summed E-state index contributed by atoms with van der Waals surface area (Å²) in [5.74, 6) is 0.278. The summed E-state index contributed by atoms with van der Waals surface area (Å²) >= 11 is 0. The largest absolute Gasteiger partial charge is 0.481 e. The second kappa shape index (κ2) is 6.74. The smallest absolute Gasteiger partial charge is 0.240 e. The molecule has 102 valence electrons. The van der Waals surface area contributed by atoms with E-state index in [-0.39, 0.29) is 5.91 Å². The van der Waals surface area contributed by atoms with Crippen LogP contribution in [0, 0.1) is 16.7 Å². The summed E-state index contributed by atoms with van der Waals surface area (Å²) in [6, 6.07) is 5.68. The minimum absolute atomic E-state index is 0.226. The van der Waals surface area contributed by atoms with E-state index < -0.39 is 5.41 Å². The van der Waals surface area contributed by atoms with Crippen molar-refractivity contribution in [3.8, 4) is 11.9 Å². The summed E-state index contributed by atoms with van der Waals surface area (Å²) in [5.41, 5.74) is -0.0452. The zero-order chi connectivity index (χ0) is 14.3. The van der Waals surface area contributed by atoms with Crippen molar-refractivity contribution in [2.24, 2.45) is 5.41 Å². The molecule has 19 heavy (non-hydrogen) atoms. The molecule has 0 aromatic carbocycles. The summed E-state index contributed by atoms with van der Waals surface area (Å²) < 4.78 is 5.02. The first-order valence-electron chi connectivity index (χ1n) is 6.30. The molecule has 0 bridgehead atoms. The number of carbonyl (C=O) groups excluding carboxylic acids is 1. The Hall–Kier alpha value is -2.09. The molecule has 1 heterocycles. The lowest BCUT2D eigenvalue weighted by Crippen LogP contribution is -2.39. The Labute approximate surface area is 113 Å². The Morgan fingerprint density at radius 1 is 1.53 bits per heavy atom. The van der Waals surface area contributed by atoms with Crippen molar-refractivity contribution in [3.05, 3.63) is 23.9 Å². The predicted octanol–water partition coefficient (Wildman–Crippen LogP) is 2.04. The topological polar surface area (TPSA) is 75.0 Å². The van der Waals surface area contributed by atoms with Crippen LogP contribution in [0.25, 0.3) is 0 Å². The number of nitrogens with zero attached hydrogens (tertiary/aromatic N) is 2. The van der Waals surface area contributed by atoms with Gasteiger partial charge in [-0.2, -0.15) is 5.26 Å². The highest BCUT2D eigenvalue weighted by molar-refractivity contribution is 5.85. The normalized spacial score (nSPS) is 10.6. The summed E-state index contributed by atoms with van der Waals surface area (Å²) in [4.78, 5) is 16.1. The Bertz CT molecular complexity index is 476. The molecule has 0 aliphatic heterocycles. The van der Waals surface area contributed by atoms with Gasteiger partial charge in [-0.25, -0.2) is 4.98 Å². The molecule has 0 fully saturated rings. The molecular weight excluding hydrogens is 242 g/mol. The number of carbonyl (C=O) groups is 1. The average Bonchev–Trinajstić information content (AvgIpc) is 2.47. The molecule has 0 saturated heterocycles. The van der Waals surface area contributed by atoms with Gasteiger partial charge in [0.05, 0.1) is 13.2 Å². The third-order valence-corrected chi connectivity index (χ3v) is 3.32. The summed E-state index contributed by atoms with van der Waals surface area (Å²) in [5, 5.41) is 12.0. The van der Waals surface area contributed by atoms with E-state index in [0.717, 1.165) is 5.56 Å². The number of pyridine rings is 1. The van der Waals surface area contributed by atoms with Crippen LogP contribution in [0.3, 0.4) is 0 Å². The lowest BCUT2D eigenvalue weighted by atomic mass is 9.83. The molecule has 0 unspecified atom stereocenters. The first-order valence-corrected chi connectivity index (χ1v) is 6.30. The molecule has 0 spiro atoms. The second-order valence-corrected chi connectivity index (χ2v) is 4.29. The molecule has 0 saturated carbocycles. The summed E-state index contributed by atoms with van der Waals surface area (Å²) in [6.07, 6.45) is 2.63. The molecule has 1 rings (SSSR count). The Morgan fingerprint density at radius 2 is 2.21 bits per heavy atom. The van der Waals surface area contributed by atoms with E-state index in [1.807, 2.05) is 13.8 Å². The van der Waals surface area contributed by atoms with E-state index in [4.69, 9.17) is 4.74 Å². The van der Waals surface area contributed by atoms with Crippen LogP contribution in [-0.2, 0) is 11.3 Å². The third-order valence-electron chi connectivity index (χ3n) is 3.32. The van der Waals surface area contributed by atoms with E-state index in [9.17, 15) is 10.1 Å². The van der Waals surface area contributed by atoms with E-state index >= 15 is 0 Å². The van der Waals surface area contributed by atoms with Gasteiger partial charge in [0.15, 0.2) is 0 Å². The maximum absolute atomic E-state index is 12.1. The predicted molar refractivity (Wildman–Crippen MR) is 71.3 cm³/mol. The zero-order valence-corrected chi connectivity index (χ0v) is 11.6. The van der Waals surface area contributed by atoms with E-state index in [2.05, 4.69) is 16.4 Å². The minimum atomic E-state index is -0.933. The van der Waals surface area contributed by atoms with Gasteiger partial charge in [0, 0.05) is 18.8 Å². The molecule has 0 aliphatic carbocycles. The molecular formula is C14H19N3O2. The first kappa shape index (κ1) is 15.0. The fourth-order valence-electron chi connectivity index (χ4n) is 1.80. The van der Waals surface area contributed by atoms with E-state index in [1.165, 1.54) is 0 Å². The second-order valence-electron chi connectivity index (χ2n) is 4.29. The number of amides is 1. The Balaban J connectivity index is 2.71. The van der Waals surface area contributed by atoms with Crippen LogP contribution >= 0.6 is 0 Å². The minimum Gasteiger partial charge on any atom is -0.481 e. The van der Waals surface area contributed by atoms with Crippen LogP contribution in [0.4, 0.5) is 0 Å². The molecule has 0 aliphatic rings. The van der Waals surface area contributed by atoms with Crippen molar-refractivity contribution >= 4 is 5.91 Å². The highest BCUT2D eigenvalue weighted by atomic mass is 16.5. The third kappa shape index (κ3) is 3.44. The number of nitriles is 1. The van der Waals surface area contributed by atoms with Crippen LogP contribution in [0.2, 0.25) is 0 Å². The van der Waals surface area contributed by atoms with Crippen molar-refractivity contribution in [1.82, 2.24) is 10.3 Å². The van der Waals surface area contributed by atoms with Gasteiger partial charge in [-0.3, -0.25) is 4.79 Å². The monoisotopic (exact) mass is 261 g/mol. The van der Waals surface area contributed by atoms with Gasteiger partial charge >= 0.3 is 0 Å². The Morgan fingerprint density at radius 3 is 2.74 bits per heavy atom. The molecule has 0 atom stereocenters. The van der Waals surface area contributed by atoms with Gasteiger partial charge in [0.2, 0.25) is 11.8 Å². The SMILES string of the molecule is CCC(C#N)(CC)C(=O)NCc1ccnc(OC)c1. The quantitative estimate of drug-likeness (QED) is 0.850. The van der Waals surface area contributed by atoms with Crippen molar-refractivity contribution < 1.29 is 9.53 Å². The highest BCUT2D eigenvalue weighted by Crippen LogP contribution is 2.25. The first-order chi connectivity index (χ1) is 9.11. The summed E-state index contributed by atoms with van der Waals surface area (Å²) in [6.45, 7) is 4.06. The molecule has 1 aromatic rings. The van der Waals surface area contributed by atoms with Crippen molar-refractivity contribution in [3.63, 3.8) is 0 Å². The van der Waals surface area contributed by atoms with Gasteiger partial charge in [0.1, 0.15) is 5.41 Å². The number of hydrogen-bond acceptors (Lipinski definition) is 4. The van der Waals surface area contributed by atoms with Crippen LogP contribution in [0.5, 0.6) is 5.88 Å². The van der Waals surface area contributed by atoms with Gasteiger partial charge < -0.3 is 10.1 Å². The van der Waals surface area contributed by atoms with Crippen molar-refractivity contribution in [2.45, 2.75) is 33.2 Å². The molecule has 1 aromatic heterocycles. The number of methoxy groups -OCH3 is 1. The van der Waals surface area contributed by atoms with E-state index in [0.29, 0.717) is 25.3 Å². The molecule has 5 heteroatoms. The number of hydrogen-bond donors (Lipinski definition) is 1. The van der Waals surface area contributed by atoms with E-state index in [1.54, 1.807) is 25.4 Å². The standard InChI is InChI=1S/C14H19N3O2/c1-4-14(5-2,10-15)13(18)17-9-11-6-7-16-12(8-11)19-3/h6-8H,4-5,9H2,1-3H3,(H,17,18). The van der Waals surface area contributed by atoms with Gasteiger partial charge in [-0.1, -0.05) is 13.8 Å². The lowest BCUT2D eigenvalue weighted by molar-refractivity contribution is -0.128. The number of ether oxygens (including phenoxy) is 1. The van der Waals surface area contributed by atoms with Crippen molar-refractivity contribution in [1.29, 1.82) is 5.26 Å². The maximum Gasteiger partial charge on any atom is 0.240 e. The fraction of sp³-hybridized carbons (Fsp3) is 0.500. The van der Waals surface area contributed by atoms with Crippen LogP contribution in [0.1, 0.15) is 32.3 Å². The van der Waals surface area contributed by atoms with Crippen LogP contribution in [-0.4, -0.2) is 18.0 Å². The lowest BCUT2D eigenvalue weighted by Gasteiger charge is -2.22. The van der Waals surface area contributed by atoms with Gasteiger partial charge in [0.25, 0.3) is 0 Å². The molecule has 0 radical (unpaired) electrons. The molecule has 1 amide bonds. The number of rotatable bonds is 6. The van der Waals surface area contributed by atoms with Crippen molar-refractivity contribution in [2.75, 3.05) is 7.11 Å². The molecule has 1 N–H and O–H groups in total. The fourth-order valence-corrected chi connectivity index (χ4v) is 1.80. The highest BCUT2D eigenvalue weighted by Gasteiger charge is 2.34. The average molecular weight is 261 g/mol. The maximum atomic E-state index is 12.1. The molecule has 5 nitrogen and oxygen atoms in total. The van der Waals surface area contributed by atoms with Gasteiger partial charge in [-0.05, 0) is 24.5 Å². The number of aromatic nitrogens is 1.